The number of pyridine rings is 1. The normalized spacial score (nSPS) is 11.1. The van der Waals surface area contributed by atoms with Crippen molar-refractivity contribution in [1.29, 1.82) is 0 Å². The fourth-order valence-corrected chi connectivity index (χ4v) is 2.08. The van der Waals surface area contributed by atoms with Crippen molar-refractivity contribution in [2.75, 3.05) is 5.73 Å². The third-order valence-electron chi connectivity index (χ3n) is 2.92. The number of nitrogens with zero attached hydrogens (tertiary/aromatic N) is 5. The number of anilines is 1. The molecule has 0 unspecified atom stereocenters. The van der Waals surface area contributed by atoms with Crippen LogP contribution in [0, 0.1) is 0 Å². The first-order valence-electron chi connectivity index (χ1n) is 5.79. The van der Waals surface area contributed by atoms with E-state index in [-0.39, 0.29) is 17.1 Å². The van der Waals surface area contributed by atoms with E-state index in [9.17, 15) is 9.90 Å². The van der Waals surface area contributed by atoms with Crippen LogP contribution < -0.4 is 5.73 Å². The van der Waals surface area contributed by atoms with Crippen LogP contribution >= 0.6 is 0 Å². The predicted molar refractivity (Wildman–Crippen MR) is 67.9 cm³/mol. The average Bonchev–Trinajstić information content (AvgIpc) is 3.00. The molecule has 20 heavy (non-hydrogen) atoms. The first-order valence-corrected chi connectivity index (χ1v) is 5.79. The molecule has 0 saturated carbocycles. The number of carboxylic acids is 1. The van der Waals surface area contributed by atoms with Crippen molar-refractivity contribution in [3.05, 3.63) is 18.0 Å². The number of aromatic nitrogens is 5. The van der Waals surface area contributed by atoms with Gasteiger partial charge in [-0.15, -0.1) is 0 Å². The van der Waals surface area contributed by atoms with Gasteiger partial charge in [0.15, 0.2) is 17.3 Å². The third kappa shape index (κ3) is 1.60. The first kappa shape index (κ1) is 12.1. The predicted octanol–water partition coefficient (Wildman–Crippen LogP) is 0.782. The van der Waals surface area contributed by atoms with E-state index in [1.54, 1.807) is 4.57 Å². The van der Waals surface area contributed by atoms with E-state index >= 15 is 0 Å². The standard InChI is InChI=1S/C11H10N6O3/c1-2-17-8-5(11(18)19)3-13-4-6(8)14-10(17)7-9(12)16-20-15-7/h3-4H,2H2,1H3,(H2,12,16)(H,18,19). The highest BCUT2D eigenvalue weighted by atomic mass is 16.6. The molecule has 9 nitrogen and oxygen atoms in total. The van der Waals surface area contributed by atoms with E-state index in [4.69, 9.17) is 5.73 Å². The van der Waals surface area contributed by atoms with E-state index in [2.05, 4.69) is 24.9 Å². The summed E-state index contributed by atoms with van der Waals surface area (Å²) < 4.78 is 6.25. The van der Waals surface area contributed by atoms with Crippen molar-refractivity contribution < 1.29 is 14.5 Å². The minimum absolute atomic E-state index is 0.0677. The van der Waals surface area contributed by atoms with Crippen LogP contribution in [0.5, 0.6) is 0 Å². The zero-order valence-electron chi connectivity index (χ0n) is 10.4. The zero-order valence-corrected chi connectivity index (χ0v) is 10.4. The number of aromatic carboxylic acids is 1. The number of hydrogen-bond acceptors (Lipinski definition) is 7. The van der Waals surface area contributed by atoms with Crippen molar-refractivity contribution in [3.63, 3.8) is 0 Å². The van der Waals surface area contributed by atoms with Crippen molar-refractivity contribution in [1.82, 2.24) is 24.8 Å². The maximum absolute atomic E-state index is 11.3. The fourth-order valence-electron chi connectivity index (χ4n) is 2.08. The van der Waals surface area contributed by atoms with Crippen LogP contribution in [-0.2, 0) is 6.54 Å². The summed E-state index contributed by atoms with van der Waals surface area (Å²) in [6.07, 6.45) is 2.77. The molecule has 0 aliphatic carbocycles. The minimum atomic E-state index is -1.07. The molecule has 0 radical (unpaired) electrons. The van der Waals surface area contributed by atoms with Crippen molar-refractivity contribution in [2.24, 2.45) is 0 Å². The summed E-state index contributed by atoms with van der Waals surface area (Å²) in [4.78, 5) is 19.5. The van der Waals surface area contributed by atoms with Crippen LogP contribution in [0.1, 0.15) is 17.3 Å². The minimum Gasteiger partial charge on any atom is -0.478 e. The summed E-state index contributed by atoms with van der Waals surface area (Å²) >= 11 is 0. The second kappa shape index (κ2) is 4.30. The number of carbonyl (C=O) groups is 1. The summed E-state index contributed by atoms with van der Waals surface area (Å²) in [6, 6.07) is 0. The van der Waals surface area contributed by atoms with Gasteiger partial charge < -0.3 is 15.4 Å². The van der Waals surface area contributed by atoms with Gasteiger partial charge >= 0.3 is 5.97 Å². The van der Waals surface area contributed by atoms with Gasteiger partial charge in [0, 0.05) is 12.7 Å². The quantitative estimate of drug-likeness (QED) is 0.715. The molecule has 0 aliphatic rings. The lowest BCUT2D eigenvalue weighted by Crippen LogP contribution is -2.05. The average molecular weight is 274 g/mol. The maximum atomic E-state index is 11.3. The van der Waals surface area contributed by atoms with E-state index in [0.717, 1.165) is 0 Å². The van der Waals surface area contributed by atoms with Crippen molar-refractivity contribution in [3.8, 4) is 11.5 Å². The number of aryl methyl sites for hydroxylation is 1. The Morgan fingerprint density at radius 2 is 2.25 bits per heavy atom. The van der Waals surface area contributed by atoms with E-state index in [1.807, 2.05) is 6.92 Å². The lowest BCUT2D eigenvalue weighted by atomic mass is 10.2. The highest BCUT2D eigenvalue weighted by Gasteiger charge is 2.22. The Bertz CT molecular complexity index is 806. The van der Waals surface area contributed by atoms with Crippen LogP contribution in [0.4, 0.5) is 5.82 Å². The Morgan fingerprint density at radius 3 is 2.85 bits per heavy atom. The number of imidazole rings is 1. The van der Waals surface area contributed by atoms with Crippen LogP contribution in [-0.4, -0.2) is 35.9 Å². The van der Waals surface area contributed by atoms with Gasteiger partial charge in [-0.25, -0.2) is 14.4 Å². The van der Waals surface area contributed by atoms with Gasteiger partial charge in [0.05, 0.1) is 11.7 Å². The van der Waals surface area contributed by atoms with Gasteiger partial charge in [0.1, 0.15) is 11.1 Å². The molecule has 9 heteroatoms. The zero-order chi connectivity index (χ0) is 14.3. The molecule has 3 N–H and O–H groups in total. The smallest absolute Gasteiger partial charge is 0.339 e. The molecular formula is C11H10N6O3. The van der Waals surface area contributed by atoms with E-state index < -0.39 is 5.97 Å². The van der Waals surface area contributed by atoms with Crippen molar-refractivity contribution >= 4 is 22.8 Å². The molecule has 0 bridgehead atoms. The van der Waals surface area contributed by atoms with Gasteiger partial charge in [0.2, 0.25) is 0 Å². The number of fused-ring (bicyclic) bond motifs is 1. The summed E-state index contributed by atoms with van der Waals surface area (Å²) in [6.45, 7) is 2.35. The Labute approximate surface area is 112 Å². The third-order valence-corrected chi connectivity index (χ3v) is 2.92. The van der Waals surface area contributed by atoms with Crippen LogP contribution in [0.15, 0.2) is 17.0 Å². The highest BCUT2D eigenvalue weighted by Crippen LogP contribution is 2.27. The summed E-state index contributed by atoms with van der Waals surface area (Å²) in [5, 5.41) is 16.4. The second-order valence-electron chi connectivity index (χ2n) is 4.04. The Hall–Kier alpha value is -2.97. The van der Waals surface area contributed by atoms with Gasteiger partial charge in [-0.1, -0.05) is 0 Å². The molecule has 0 aliphatic heterocycles. The van der Waals surface area contributed by atoms with Crippen LogP contribution in [0.2, 0.25) is 0 Å². The summed E-state index contributed by atoms with van der Waals surface area (Å²) in [7, 11) is 0. The first-order chi connectivity index (χ1) is 9.63. The Balaban J connectivity index is 2.38. The largest absolute Gasteiger partial charge is 0.478 e. The van der Waals surface area contributed by atoms with E-state index in [0.29, 0.717) is 23.4 Å². The lowest BCUT2D eigenvalue weighted by Gasteiger charge is -2.05. The van der Waals surface area contributed by atoms with Crippen LogP contribution in [0.3, 0.4) is 0 Å². The maximum Gasteiger partial charge on any atom is 0.339 e. The molecule has 0 amide bonds. The Kier molecular flexibility index (Phi) is 2.60. The van der Waals surface area contributed by atoms with Crippen molar-refractivity contribution in [2.45, 2.75) is 13.5 Å². The molecular weight excluding hydrogens is 264 g/mol. The van der Waals surface area contributed by atoms with Gasteiger partial charge in [-0.05, 0) is 17.2 Å². The lowest BCUT2D eigenvalue weighted by molar-refractivity contribution is 0.0698. The molecule has 3 aromatic rings. The topological polar surface area (TPSA) is 133 Å². The van der Waals surface area contributed by atoms with Gasteiger partial charge in [0.25, 0.3) is 0 Å². The van der Waals surface area contributed by atoms with Gasteiger partial charge in [-0.2, -0.15) is 0 Å². The molecule has 0 spiro atoms. The molecule has 0 fully saturated rings. The SMILES string of the molecule is CCn1c(-c2nonc2N)nc2cncc(C(=O)O)c21. The molecule has 3 aromatic heterocycles. The molecule has 0 saturated heterocycles. The Morgan fingerprint density at radius 1 is 1.45 bits per heavy atom. The number of nitrogens with two attached hydrogens (primary N) is 1. The number of hydrogen-bond donors (Lipinski definition) is 2. The second-order valence-corrected chi connectivity index (χ2v) is 4.04. The fraction of sp³-hybridized carbons (Fsp3) is 0.182. The number of nitrogen functional groups attached to an aromatic ring is 1. The van der Waals surface area contributed by atoms with Crippen LogP contribution in [0.25, 0.3) is 22.6 Å². The molecule has 102 valence electrons. The molecule has 0 atom stereocenters. The molecule has 3 rings (SSSR count). The van der Waals surface area contributed by atoms with Gasteiger partial charge in [-0.3, -0.25) is 4.98 Å². The molecule has 3 heterocycles. The number of carboxylic acid groups (broad SMARTS) is 1. The number of rotatable bonds is 3. The van der Waals surface area contributed by atoms with E-state index in [1.165, 1.54) is 12.4 Å². The molecule has 0 aromatic carbocycles. The summed E-state index contributed by atoms with van der Waals surface area (Å²) in [5.41, 5.74) is 6.92. The summed E-state index contributed by atoms with van der Waals surface area (Å²) in [5.74, 6) is -0.577. The monoisotopic (exact) mass is 274 g/mol. The highest BCUT2D eigenvalue weighted by molar-refractivity contribution is 6.01.